The third-order valence-corrected chi connectivity index (χ3v) is 2.43. The molecule has 0 bridgehead atoms. The summed E-state index contributed by atoms with van der Waals surface area (Å²) in [4.78, 5) is 23.0. The third-order valence-electron chi connectivity index (χ3n) is 2.43. The van der Waals surface area contributed by atoms with Gasteiger partial charge in [-0.2, -0.15) is 0 Å². The fourth-order valence-corrected chi connectivity index (χ4v) is 1.14. The van der Waals surface area contributed by atoms with Crippen molar-refractivity contribution >= 4 is 5.91 Å². The van der Waals surface area contributed by atoms with Crippen molar-refractivity contribution in [3.8, 4) is 0 Å². The second kappa shape index (κ2) is 5.46. The third kappa shape index (κ3) is 3.20. The van der Waals surface area contributed by atoms with Gasteiger partial charge in [0.15, 0.2) is 0 Å². The van der Waals surface area contributed by atoms with Crippen molar-refractivity contribution < 1.29 is 4.79 Å². The van der Waals surface area contributed by atoms with Gasteiger partial charge in [-0.15, -0.1) is 0 Å². The number of hydrogen-bond donors (Lipinski definition) is 2. The van der Waals surface area contributed by atoms with E-state index < -0.39 is 0 Å². The molecule has 0 aliphatic heterocycles. The lowest BCUT2D eigenvalue weighted by Gasteiger charge is -2.11. The van der Waals surface area contributed by atoms with Crippen LogP contribution >= 0.6 is 0 Å². The Labute approximate surface area is 94.5 Å². The van der Waals surface area contributed by atoms with Gasteiger partial charge >= 0.3 is 0 Å². The number of hydrogen-bond acceptors (Lipinski definition) is 3. The van der Waals surface area contributed by atoms with E-state index in [1.807, 2.05) is 14.0 Å². The van der Waals surface area contributed by atoms with Crippen LogP contribution in [-0.4, -0.2) is 30.1 Å². The van der Waals surface area contributed by atoms with Crippen LogP contribution in [0, 0.1) is 0 Å². The summed E-state index contributed by atoms with van der Waals surface area (Å²) in [7, 11) is 3.47. The van der Waals surface area contributed by atoms with E-state index in [4.69, 9.17) is 0 Å². The van der Waals surface area contributed by atoms with E-state index in [9.17, 15) is 9.59 Å². The molecular formula is C11H17N3O2. The van der Waals surface area contributed by atoms with Crippen molar-refractivity contribution in [1.82, 2.24) is 15.2 Å². The van der Waals surface area contributed by atoms with Gasteiger partial charge in [0, 0.05) is 37.5 Å². The molecular weight excluding hydrogens is 206 g/mol. The number of pyridine rings is 1. The quantitative estimate of drug-likeness (QED) is 0.738. The molecule has 16 heavy (non-hydrogen) atoms. The molecule has 0 spiro atoms. The molecule has 88 valence electrons. The molecule has 1 atom stereocenters. The number of likely N-dealkylation sites (N-methyl/N-ethyl adjacent to an activating group) is 1. The fraction of sp³-hybridized carbons (Fsp3) is 0.455. The minimum Gasteiger partial charge on any atom is -0.350 e. The summed E-state index contributed by atoms with van der Waals surface area (Å²) in [6.45, 7) is 2.49. The molecule has 5 heteroatoms. The van der Waals surface area contributed by atoms with Crippen molar-refractivity contribution in [3.05, 3.63) is 34.2 Å². The standard InChI is InChI=1S/C11H17N3O2/c1-8(12-2)7-13-11(16)9-4-5-14(3)10(15)6-9/h4-6,8,12H,7H2,1-3H3,(H,13,16). The van der Waals surface area contributed by atoms with Gasteiger partial charge in [0.1, 0.15) is 0 Å². The van der Waals surface area contributed by atoms with Gasteiger partial charge in [-0.25, -0.2) is 0 Å². The largest absolute Gasteiger partial charge is 0.350 e. The summed E-state index contributed by atoms with van der Waals surface area (Å²) in [5, 5.41) is 5.76. The number of amides is 1. The second-order valence-corrected chi connectivity index (χ2v) is 3.76. The lowest BCUT2D eigenvalue weighted by atomic mass is 10.2. The normalized spacial score (nSPS) is 12.2. The number of nitrogens with one attached hydrogen (secondary N) is 2. The van der Waals surface area contributed by atoms with Crippen molar-refractivity contribution in [3.63, 3.8) is 0 Å². The summed E-state index contributed by atoms with van der Waals surface area (Å²) in [5.74, 6) is -0.222. The minimum absolute atomic E-state index is 0.186. The molecule has 0 fully saturated rings. The minimum atomic E-state index is -0.222. The van der Waals surface area contributed by atoms with Crippen LogP contribution in [0.4, 0.5) is 0 Å². The Bertz CT molecular complexity index is 425. The molecule has 1 aromatic heterocycles. The number of rotatable bonds is 4. The van der Waals surface area contributed by atoms with Crippen LogP contribution in [0.1, 0.15) is 17.3 Å². The van der Waals surface area contributed by atoms with E-state index in [1.165, 1.54) is 10.6 Å². The van der Waals surface area contributed by atoms with Crippen LogP contribution in [0.3, 0.4) is 0 Å². The number of aromatic nitrogens is 1. The maximum atomic E-state index is 11.6. The zero-order chi connectivity index (χ0) is 12.1. The topological polar surface area (TPSA) is 63.1 Å². The van der Waals surface area contributed by atoms with E-state index in [0.717, 1.165) is 0 Å². The Morgan fingerprint density at radius 1 is 1.56 bits per heavy atom. The maximum absolute atomic E-state index is 11.6. The van der Waals surface area contributed by atoms with E-state index in [-0.39, 0.29) is 17.5 Å². The SMILES string of the molecule is CNC(C)CNC(=O)c1ccn(C)c(=O)c1. The fourth-order valence-electron chi connectivity index (χ4n) is 1.14. The van der Waals surface area contributed by atoms with E-state index in [0.29, 0.717) is 12.1 Å². The lowest BCUT2D eigenvalue weighted by Crippen LogP contribution is -2.37. The highest BCUT2D eigenvalue weighted by Gasteiger charge is 2.07. The van der Waals surface area contributed by atoms with Gasteiger partial charge in [0.25, 0.3) is 11.5 Å². The Balaban J connectivity index is 2.67. The Kier molecular flexibility index (Phi) is 4.25. The monoisotopic (exact) mass is 223 g/mol. The van der Waals surface area contributed by atoms with Crippen LogP contribution in [-0.2, 0) is 7.05 Å². The van der Waals surface area contributed by atoms with Crippen molar-refractivity contribution in [2.45, 2.75) is 13.0 Å². The first-order valence-electron chi connectivity index (χ1n) is 5.16. The first-order chi connectivity index (χ1) is 7.54. The van der Waals surface area contributed by atoms with Crippen LogP contribution in [0.15, 0.2) is 23.1 Å². The van der Waals surface area contributed by atoms with Crippen LogP contribution in [0.2, 0.25) is 0 Å². The van der Waals surface area contributed by atoms with Gasteiger partial charge in [-0.05, 0) is 20.0 Å². The second-order valence-electron chi connectivity index (χ2n) is 3.76. The summed E-state index contributed by atoms with van der Waals surface area (Å²) in [6, 6.07) is 3.16. The molecule has 1 heterocycles. The Morgan fingerprint density at radius 3 is 2.81 bits per heavy atom. The zero-order valence-electron chi connectivity index (χ0n) is 9.78. The first kappa shape index (κ1) is 12.4. The highest BCUT2D eigenvalue weighted by atomic mass is 16.2. The van der Waals surface area contributed by atoms with Gasteiger partial charge in [0.05, 0.1) is 0 Å². The predicted octanol–water partition coefficient (Wildman–Crippen LogP) is -0.277. The molecule has 0 radical (unpaired) electrons. The summed E-state index contributed by atoms with van der Waals surface area (Å²) in [6.07, 6.45) is 1.58. The average Bonchev–Trinajstić information content (AvgIpc) is 2.29. The lowest BCUT2D eigenvalue weighted by molar-refractivity contribution is 0.0950. The summed E-state index contributed by atoms with van der Waals surface area (Å²) < 4.78 is 1.42. The molecule has 5 nitrogen and oxygen atoms in total. The molecule has 0 aromatic carbocycles. The van der Waals surface area contributed by atoms with Gasteiger partial charge in [0.2, 0.25) is 0 Å². The molecule has 0 saturated heterocycles. The number of nitrogens with zero attached hydrogens (tertiary/aromatic N) is 1. The van der Waals surface area contributed by atoms with Gasteiger partial charge in [-0.3, -0.25) is 9.59 Å². The van der Waals surface area contributed by atoms with Crippen molar-refractivity contribution in [2.75, 3.05) is 13.6 Å². The van der Waals surface area contributed by atoms with E-state index >= 15 is 0 Å². The Morgan fingerprint density at radius 2 is 2.25 bits per heavy atom. The van der Waals surface area contributed by atoms with Crippen molar-refractivity contribution in [2.24, 2.45) is 7.05 Å². The highest BCUT2D eigenvalue weighted by Crippen LogP contribution is 1.93. The summed E-state index contributed by atoms with van der Waals surface area (Å²) >= 11 is 0. The molecule has 1 amide bonds. The number of aryl methyl sites for hydroxylation is 1. The molecule has 0 saturated carbocycles. The highest BCUT2D eigenvalue weighted by molar-refractivity contribution is 5.93. The van der Waals surface area contributed by atoms with E-state index in [2.05, 4.69) is 10.6 Å². The smallest absolute Gasteiger partial charge is 0.251 e. The Hall–Kier alpha value is -1.62. The predicted molar refractivity (Wildman–Crippen MR) is 62.5 cm³/mol. The first-order valence-corrected chi connectivity index (χ1v) is 5.16. The van der Waals surface area contributed by atoms with Crippen LogP contribution in [0.25, 0.3) is 0 Å². The molecule has 1 aromatic rings. The molecule has 0 aliphatic carbocycles. The van der Waals surface area contributed by atoms with E-state index in [1.54, 1.807) is 19.3 Å². The van der Waals surface area contributed by atoms with Gasteiger partial charge < -0.3 is 15.2 Å². The molecule has 0 aliphatic rings. The van der Waals surface area contributed by atoms with Crippen LogP contribution < -0.4 is 16.2 Å². The van der Waals surface area contributed by atoms with Gasteiger partial charge in [-0.1, -0.05) is 0 Å². The average molecular weight is 223 g/mol. The summed E-state index contributed by atoms with van der Waals surface area (Å²) in [5.41, 5.74) is 0.209. The number of carbonyl (C=O) groups is 1. The van der Waals surface area contributed by atoms with Crippen molar-refractivity contribution in [1.29, 1.82) is 0 Å². The maximum Gasteiger partial charge on any atom is 0.251 e. The molecule has 1 unspecified atom stereocenters. The zero-order valence-corrected chi connectivity index (χ0v) is 9.78. The molecule has 2 N–H and O–H groups in total. The van der Waals surface area contributed by atoms with Crippen LogP contribution in [0.5, 0.6) is 0 Å². The molecule has 1 rings (SSSR count). The number of carbonyl (C=O) groups excluding carboxylic acids is 1.